The van der Waals surface area contributed by atoms with Crippen molar-refractivity contribution in [3.8, 4) is 0 Å². The minimum atomic E-state index is -3.01. The first-order valence-corrected chi connectivity index (χ1v) is 7.94. The molecule has 0 atom stereocenters. The second kappa shape index (κ2) is 6.31. The van der Waals surface area contributed by atoms with Crippen molar-refractivity contribution in [3.05, 3.63) is 35.9 Å². The maximum atomic E-state index is 11.1. The smallest absolute Gasteiger partial charge is 0.147 e. The molecule has 4 nitrogen and oxygen atoms in total. The average molecular weight is 272 g/mol. The Morgan fingerprint density at radius 3 is 2.11 bits per heavy atom. The van der Waals surface area contributed by atoms with Crippen LogP contribution < -0.4 is 0 Å². The number of hydrogen-bond acceptors (Lipinski definition) is 4. The third-order valence-electron chi connectivity index (χ3n) is 3.16. The lowest BCUT2D eigenvalue weighted by Gasteiger charge is -2.30. The summed E-state index contributed by atoms with van der Waals surface area (Å²) in [4.78, 5) is 0. The number of rotatable bonds is 7. The van der Waals surface area contributed by atoms with Crippen molar-refractivity contribution in [2.75, 3.05) is 25.2 Å². The van der Waals surface area contributed by atoms with Crippen molar-refractivity contribution >= 4 is 9.84 Å². The fraction of sp³-hybridized carbons (Fsp3) is 0.538. The topological polar surface area (TPSA) is 74.6 Å². The van der Waals surface area contributed by atoms with Crippen LogP contribution in [0.3, 0.4) is 0 Å². The molecule has 0 aromatic heterocycles. The van der Waals surface area contributed by atoms with E-state index < -0.39 is 15.3 Å². The van der Waals surface area contributed by atoms with Gasteiger partial charge in [0, 0.05) is 17.4 Å². The summed E-state index contributed by atoms with van der Waals surface area (Å²) in [6, 6.07) is 9.22. The Bertz CT molecular complexity index is 449. The molecule has 0 aliphatic carbocycles. The van der Waals surface area contributed by atoms with Gasteiger partial charge in [0.2, 0.25) is 0 Å². The number of aliphatic hydroxyl groups is 2. The fourth-order valence-electron chi connectivity index (χ4n) is 2.00. The van der Waals surface area contributed by atoms with Crippen molar-refractivity contribution in [2.45, 2.75) is 18.3 Å². The predicted octanol–water partition coefficient (Wildman–Crippen LogP) is 0.734. The maximum absolute atomic E-state index is 11.1. The summed E-state index contributed by atoms with van der Waals surface area (Å²) >= 11 is 0. The highest BCUT2D eigenvalue weighted by Gasteiger charge is 2.30. The number of benzene rings is 1. The third kappa shape index (κ3) is 4.08. The van der Waals surface area contributed by atoms with Gasteiger partial charge in [-0.3, -0.25) is 0 Å². The lowest BCUT2D eigenvalue weighted by atomic mass is 9.78. The normalized spacial score (nSPS) is 12.6. The second-order valence-corrected chi connectivity index (χ2v) is 6.96. The van der Waals surface area contributed by atoms with Crippen molar-refractivity contribution in [3.63, 3.8) is 0 Å². The molecule has 0 saturated heterocycles. The van der Waals surface area contributed by atoms with E-state index in [1.165, 1.54) is 6.26 Å². The number of sulfone groups is 1. The molecule has 0 aliphatic rings. The Labute approximate surface area is 108 Å². The van der Waals surface area contributed by atoms with E-state index in [2.05, 4.69) is 0 Å². The SMILES string of the molecule is CS(=O)(=O)CCCC(CO)(CO)c1ccccc1. The van der Waals surface area contributed by atoms with Gasteiger partial charge >= 0.3 is 0 Å². The van der Waals surface area contributed by atoms with Crippen molar-refractivity contribution in [1.29, 1.82) is 0 Å². The van der Waals surface area contributed by atoms with Gasteiger partial charge in [0.05, 0.1) is 13.2 Å². The van der Waals surface area contributed by atoms with E-state index in [-0.39, 0.29) is 19.0 Å². The molecule has 1 rings (SSSR count). The quantitative estimate of drug-likeness (QED) is 0.767. The fourth-order valence-corrected chi connectivity index (χ4v) is 2.67. The number of aliphatic hydroxyl groups excluding tert-OH is 2. The lowest BCUT2D eigenvalue weighted by molar-refractivity contribution is 0.109. The van der Waals surface area contributed by atoms with Crippen LogP contribution in [0.5, 0.6) is 0 Å². The minimum absolute atomic E-state index is 0.0710. The molecule has 0 fully saturated rings. The van der Waals surface area contributed by atoms with Crippen LogP contribution in [-0.4, -0.2) is 43.9 Å². The van der Waals surface area contributed by atoms with Crippen molar-refractivity contribution < 1.29 is 18.6 Å². The zero-order valence-corrected chi connectivity index (χ0v) is 11.4. The average Bonchev–Trinajstić information content (AvgIpc) is 2.35. The van der Waals surface area contributed by atoms with Crippen LogP contribution in [0.1, 0.15) is 18.4 Å². The molecule has 0 spiro atoms. The Morgan fingerprint density at radius 1 is 1.11 bits per heavy atom. The molecule has 0 saturated carbocycles. The second-order valence-electron chi connectivity index (χ2n) is 4.70. The molecule has 1 aromatic carbocycles. The summed E-state index contributed by atoms with van der Waals surface area (Å²) in [6.45, 7) is -0.394. The molecule has 2 N–H and O–H groups in total. The van der Waals surface area contributed by atoms with Gasteiger partial charge in [-0.25, -0.2) is 8.42 Å². The van der Waals surface area contributed by atoms with Gasteiger partial charge in [0.1, 0.15) is 9.84 Å². The third-order valence-corrected chi connectivity index (χ3v) is 4.19. The molecular weight excluding hydrogens is 252 g/mol. The molecule has 5 heteroatoms. The van der Waals surface area contributed by atoms with Crippen LogP contribution in [0.4, 0.5) is 0 Å². The van der Waals surface area contributed by atoms with Crippen LogP contribution >= 0.6 is 0 Å². The number of hydrogen-bond donors (Lipinski definition) is 2. The zero-order valence-electron chi connectivity index (χ0n) is 10.5. The molecule has 102 valence electrons. The van der Waals surface area contributed by atoms with E-state index in [1.807, 2.05) is 30.3 Å². The van der Waals surface area contributed by atoms with E-state index in [0.29, 0.717) is 12.8 Å². The summed E-state index contributed by atoms with van der Waals surface area (Å²) < 4.78 is 22.2. The first-order chi connectivity index (χ1) is 8.43. The monoisotopic (exact) mass is 272 g/mol. The van der Waals surface area contributed by atoms with E-state index in [4.69, 9.17) is 0 Å². The largest absolute Gasteiger partial charge is 0.395 e. The highest BCUT2D eigenvalue weighted by Crippen LogP contribution is 2.28. The van der Waals surface area contributed by atoms with Gasteiger partial charge in [-0.15, -0.1) is 0 Å². The van der Waals surface area contributed by atoms with Crippen LogP contribution in [0, 0.1) is 0 Å². The Morgan fingerprint density at radius 2 is 1.67 bits per heavy atom. The summed E-state index contributed by atoms with van der Waals surface area (Å²) in [5, 5.41) is 19.1. The summed E-state index contributed by atoms with van der Waals surface area (Å²) in [6.07, 6.45) is 2.06. The molecule has 1 aromatic rings. The van der Waals surface area contributed by atoms with E-state index in [0.717, 1.165) is 5.56 Å². The molecular formula is C13H20O4S. The van der Waals surface area contributed by atoms with Gasteiger partial charge in [-0.1, -0.05) is 30.3 Å². The Balaban J connectivity index is 2.82. The molecule has 0 unspecified atom stereocenters. The Kier molecular flexibility index (Phi) is 5.31. The van der Waals surface area contributed by atoms with E-state index in [9.17, 15) is 18.6 Å². The maximum Gasteiger partial charge on any atom is 0.147 e. The molecule has 18 heavy (non-hydrogen) atoms. The lowest BCUT2D eigenvalue weighted by Crippen LogP contribution is -2.35. The standard InChI is InChI=1S/C13H20O4S/c1-18(16,17)9-5-8-13(10-14,11-15)12-6-3-2-4-7-12/h2-4,6-7,14-15H,5,8-11H2,1H3. The molecule has 0 bridgehead atoms. The highest BCUT2D eigenvalue weighted by molar-refractivity contribution is 7.90. The van der Waals surface area contributed by atoms with Crippen molar-refractivity contribution in [2.24, 2.45) is 0 Å². The van der Waals surface area contributed by atoms with Crippen LogP contribution in [-0.2, 0) is 15.3 Å². The van der Waals surface area contributed by atoms with E-state index >= 15 is 0 Å². The van der Waals surface area contributed by atoms with Gasteiger partial charge < -0.3 is 10.2 Å². The first kappa shape index (κ1) is 15.1. The predicted molar refractivity (Wildman–Crippen MR) is 71.2 cm³/mol. The molecule has 0 radical (unpaired) electrons. The van der Waals surface area contributed by atoms with Crippen LogP contribution in [0.25, 0.3) is 0 Å². The first-order valence-electron chi connectivity index (χ1n) is 5.88. The van der Waals surface area contributed by atoms with Gasteiger partial charge in [0.25, 0.3) is 0 Å². The molecule has 0 amide bonds. The summed E-state index contributed by atoms with van der Waals surface area (Å²) in [5.74, 6) is 0.0710. The van der Waals surface area contributed by atoms with E-state index in [1.54, 1.807) is 0 Å². The van der Waals surface area contributed by atoms with Gasteiger partial charge in [0.15, 0.2) is 0 Å². The van der Waals surface area contributed by atoms with Crippen LogP contribution in [0.15, 0.2) is 30.3 Å². The van der Waals surface area contributed by atoms with Crippen LogP contribution in [0.2, 0.25) is 0 Å². The van der Waals surface area contributed by atoms with Crippen molar-refractivity contribution in [1.82, 2.24) is 0 Å². The van der Waals surface area contributed by atoms with Gasteiger partial charge in [-0.05, 0) is 18.4 Å². The van der Waals surface area contributed by atoms with Gasteiger partial charge in [-0.2, -0.15) is 0 Å². The minimum Gasteiger partial charge on any atom is -0.395 e. The highest BCUT2D eigenvalue weighted by atomic mass is 32.2. The molecule has 0 heterocycles. The zero-order chi connectivity index (χ0) is 13.6. The summed E-state index contributed by atoms with van der Waals surface area (Å²) in [5.41, 5.74) is 0.0786. The Hall–Kier alpha value is -0.910. The molecule has 0 aliphatic heterocycles. The summed E-state index contributed by atoms with van der Waals surface area (Å²) in [7, 11) is -3.01.